The second kappa shape index (κ2) is 9.38. The van der Waals surface area contributed by atoms with Gasteiger partial charge in [-0.05, 0) is 73.3 Å². The Morgan fingerprint density at radius 1 is 0.958 bits per heavy atom. The van der Waals surface area contributed by atoms with Gasteiger partial charge in [-0.15, -0.1) is 0 Å². The minimum absolute atomic E-state index is 0.339. The van der Waals surface area contributed by atoms with Gasteiger partial charge in [-0.3, -0.25) is 4.52 Å². The third-order valence-electron chi connectivity index (χ3n) is 2.83. The molecule has 0 bridgehead atoms. The first kappa shape index (κ1) is 19.2. The zero-order valence-electron chi connectivity index (χ0n) is 13.6. The van der Waals surface area contributed by atoms with Gasteiger partial charge in [-0.2, -0.15) is 0 Å². The van der Waals surface area contributed by atoms with E-state index in [1.807, 2.05) is 6.92 Å². The second-order valence-corrected chi connectivity index (χ2v) is 9.37. The highest BCUT2D eigenvalue weighted by atomic mass is 35.5. The number of rotatable bonds is 9. The molecule has 2 rings (SSSR count). The summed E-state index contributed by atoms with van der Waals surface area (Å²) in [6.45, 7) is 0.973. The van der Waals surface area contributed by atoms with Crippen molar-refractivity contribution >= 4 is 29.8 Å². The number of hydrogen-bond donors (Lipinski definition) is 0. The fraction of sp³-hybridized carbons (Fsp3) is 0.294. The van der Waals surface area contributed by atoms with Crippen LogP contribution in [0.3, 0.4) is 0 Å². The zero-order chi connectivity index (χ0) is 17.4. The maximum Gasteiger partial charge on any atom is 0.440 e. The SMILES string of the molecule is CCCSP(=O)(OCC)Oc1ccc(Oc2ccc(Cl)cc2)cc1. The second-order valence-electron chi connectivity index (χ2n) is 4.82. The summed E-state index contributed by atoms with van der Waals surface area (Å²) in [7, 11) is 0. The standard InChI is InChI=1S/C17H20ClO4PS/c1-3-13-24-23(19,20-4-2)22-17-11-9-16(10-12-17)21-15-7-5-14(18)6-8-15/h5-12H,3-4,13H2,1-2H3. The Morgan fingerprint density at radius 2 is 1.50 bits per heavy atom. The Bertz CT molecular complexity index is 676. The molecule has 0 aliphatic heterocycles. The summed E-state index contributed by atoms with van der Waals surface area (Å²) in [5.74, 6) is 2.54. The molecule has 4 nitrogen and oxygen atoms in total. The molecule has 0 aromatic heterocycles. The molecule has 2 aromatic rings. The summed E-state index contributed by atoms with van der Waals surface area (Å²) < 4.78 is 29.2. The van der Waals surface area contributed by atoms with Crippen LogP contribution in [0.4, 0.5) is 0 Å². The number of benzene rings is 2. The lowest BCUT2D eigenvalue weighted by Gasteiger charge is -2.17. The molecule has 24 heavy (non-hydrogen) atoms. The molecule has 1 unspecified atom stereocenters. The van der Waals surface area contributed by atoms with Crippen LogP contribution < -0.4 is 9.26 Å². The first-order valence-corrected chi connectivity index (χ1v) is 11.2. The maximum absolute atomic E-state index is 12.6. The maximum atomic E-state index is 12.6. The summed E-state index contributed by atoms with van der Waals surface area (Å²) >= 11 is 7.07. The van der Waals surface area contributed by atoms with Gasteiger partial charge in [-0.25, -0.2) is 4.57 Å². The van der Waals surface area contributed by atoms with Crippen LogP contribution in [-0.2, 0) is 9.09 Å². The monoisotopic (exact) mass is 386 g/mol. The highest BCUT2D eigenvalue weighted by molar-refractivity contribution is 8.55. The summed E-state index contributed by atoms with van der Waals surface area (Å²) in [6, 6.07) is 14.0. The molecular formula is C17H20ClO4PS. The van der Waals surface area contributed by atoms with Crippen LogP contribution >= 0.6 is 29.8 Å². The van der Waals surface area contributed by atoms with Crippen molar-refractivity contribution in [2.24, 2.45) is 0 Å². The molecular weight excluding hydrogens is 367 g/mol. The average molecular weight is 387 g/mol. The molecule has 1 atom stereocenters. The van der Waals surface area contributed by atoms with E-state index in [2.05, 4.69) is 0 Å². The van der Waals surface area contributed by atoms with Crippen LogP contribution in [-0.4, -0.2) is 12.4 Å². The molecule has 0 spiro atoms. The molecule has 0 N–H and O–H groups in total. The van der Waals surface area contributed by atoms with Crippen molar-refractivity contribution in [2.45, 2.75) is 20.3 Å². The third kappa shape index (κ3) is 6.06. The quantitative estimate of drug-likeness (QED) is 0.443. The predicted octanol–water partition coefficient (Wildman–Crippen LogP) is 6.80. The lowest BCUT2D eigenvalue weighted by molar-refractivity contribution is 0.296. The van der Waals surface area contributed by atoms with Crippen molar-refractivity contribution < 1.29 is 18.3 Å². The van der Waals surface area contributed by atoms with Gasteiger partial charge in [0.1, 0.15) is 17.2 Å². The molecule has 2 aromatic carbocycles. The molecule has 0 heterocycles. The van der Waals surface area contributed by atoms with Gasteiger partial charge >= 0.3 is 6.80 Å². The van der Waals surface area contributed by atoms with Crippen LogP contribution in [0.1, 0.15) is 20.3 Å². The van der Waals surface area contributed by atoms with Gasteiger partial charge in [-0.1, -0.05) is 18.5 Å². The molecule has 0 aliphatic carbocycles. The predicted molar refractivity (Wildman–Crippen MR) is 101 cm³/mol. The van der Waals surface area contributed by atoms with Crippen LogP contribution in [0.25, 0.3) is 0 Å². The molecule has 0 radical (unpaired) electrons. The Labute approximate surface area is 151 Å². The van der Waals surface area contributed by atoms with E-state index in [0.717, 1.165) is 12.2 Å². The van der Waals surface area contributed by atoms with Crippen LogP contribution in [0, 0.1) is 0 Å². The van der Waals surface area contributed by atoms with Gasteiger partial charge < -0.3 is 9.26 Å². The van der Waals surface area contributed by atoms with E-state index >= 15 is 0 Å². The fourth-order valence-corrected chi connectivity index (χ4v) is 5.37. The Kier molecular flexibility index (Phi) is 7.50. The van der Waals surface area contributed by atoms with E-state index in [-0.39, 0.29) is 0 Å². The summed E-state index contributed by atoms with van der Waals surface area (Å²) in [4.78, 5) is 0. The average Bonchev–Trinajstić information content (AvgIpc) is 2.57. The van der Waals surface area contributed by atoms with Gasteiger partial charge in [0.25, 0.3) is 0 Å². The first-order valence-electron chi connectivity index (χ1n) is 7.67. The van der Waals surface area contributed by atoms with E-state index in [0.29, 0.717) is 28.9 Å². The third-order valence-corrected chi connectivity index (χ3v) is 7.04. The highest BCUT2D eigenvalue weighted by Gasteiger charge is 2.26. The molecule has 0 saturated carbocycles. The van der Waals surface area contributed by atoms with Crippen molar-refractivity contribution in [1.29, 1.82) is 0 Å². The summed E-state index contributed by atoms with van der Waals surface area (Å²) in [5, 5.41) is 0.655. The van der Waals surface area contributed by atoms with E-state index in [9.17, 15) is 4.57 Å². The van der Waals surface area contributed by atoms with Gasteiger partial charge in [0.2, 0.25) is 0 Å². The summed E-state index contributed by atoms with van der Waals surface area (Å²) in [6.07, 6.45) is 0.902. The Balaban J connectivity index is 2.02. The Morgan fingerprint density at radius 3 is 2.04 bits per heavy atom. The molecule has 130 valence electrons. The minimum atomic E-state index is -3.18. The molecule has 7 heteroatoms. The lowest BCUT2D eigenvalue weighted by Crippen LogP contribution is -1.96. The minimum Gasteiger partial charge on any atom is -0.457 e. The fourth-order valence-electron chi connectivity index (χ4n) is 1.79. The molecule has 0 amide bonds. The van der Waals surface area contributed by atoms with E-state index in [1.54, 1.807) is 55.5 Å². The van der Waals surface area contributed by atoms with Crippen molar-refractivity contribution in [3.8, 4) is 17.2 Å². The van der Waals surface area contributed by atoms with Gasteiger partial charge in [0, 0.05) is 10.8 Å². The smallest absolute Gasteiger partial charge is 0.440 e. The highest BCUT2D eigenvalue weighted by Crippen LogP contribution is 2.60. The molecule has 0 aliphatic rings. The van der Waals surface area contributed by atoms with Gasteiger partial charge in [0.05, 0.1) is 6.61 Å². The number of ether oxygens (including phenoxy) is 1. The van der Waals surface area contributed by atoms with Crippen molar-refractivity contribution in [2.75, 3.05) is 12.4 Å². The van der Waals surface area contributed by atoms with E-state index in [1.165, 1.54) is 11.4 Å². The van der Waals surface area contributed by atoms with Crippen LogP contribution in [0.15, 0.2) is 48.5 Å². The van der Waals surface area contributed by atoms with Crippen LogP contribution in [0.2, 0.25) is 5.02 Å². The van der Waals surface area contributed by atoms with E-state index in [4.69, 9.17) is 25.4 Å². The number of hydrogen-bond acceptors (Lipinski definition) is 5. The largest absolute Gasteiger partial charge is 0.457 e. The topological polar surface area (TPSA) is 44.8 Å². The first-order chi connectivity index (χ1) is 11.5. The van der Waals surface area contributed by atoms with Crippen molar-refractivity contribution in [3.63, 3.8) is 0 Å². The molecule has 0 fully saturated rings. The normalized spacial score (nSPS) is 13.3. The van der Waals surface area contributed by atoms with E-state index < -0.39 is 6.80 Å². The van der Waals surface area contributed by atoms with Crippen molar-refractivity contribution in [3.05, 3.63) is 53.6 Å². The summed E-state index contributed by atoms with van der Waals surface area (Å²) in [5.41, 5.74) is 0. The van der Waals surface area contributed by atoms with Gasteiger partial charge in [0.15, 0.2) is 0 Å². The van der Waals surface area contributed by atoms with Crippen LogP contribution in [0.5, 0.6) is 17.2 Å². The Hall–Kier alpha value is -1.13. The lowest BCUT2D eigenvalue weighted by atomic mass is 10.3. The number of halogens is 1. The molecule has 0 saturated heterocycles. The zero-order valence-corrected chi connectivity index (χ0v) is 16.1. The van der Waals surface area contributed by atoms with Crippen molar-refractivity contribution in [1.82, 2.24) is 0 Å².